The fraction of sp³-hybridized carbons (Fsp3) is 0.500. The van der Waals surface area contributed by atoms with Gasteiger partial charge in [0, 0.05) is 6.04 Å². The third-order valence-electron chi connectivity index (χ3n) is 3.53. The standard InChI is InChI=1S/C16H24N6OS/c1-11(2)17-14(23)9-20(5)10-21-16(24)22(19-18-21)15-12(3)7-6-8-13(15)4/h6-8,11H,9-10H2,1-5H3,(H,17,23). The number of aromatic nitrogens is 4. The van der Waals surface area contributed by atoms with E-state index in [0.29, 0.717) is 11.4 Å². The van der Waals surface area contributed by atoms with Crippen LogP contribution in [0, 0.1) is 18.6 Å². The van der Waals surface area contributed by atoms with E-state index >= 15 is 0 Å². The number of tetrazole rings is 1. The van der Waals surface area contributed by atoms with Crippen molar-refractivity contribution in [3.63, 3.8) is 0 Å². The second-order valence-electron chi connectivity index (χ2n) is 6.29. The van der Waals surface area contributed by atoms with Crippen molar-refractivity contribution in [1.29, 1.82) is 0 Å². The van der Waals surface area contributed by atoms with Gasteiger partial charge in [-0.05, 0) is 68.5 Å². The van der Waals surface area contributed by atoms with Crippen molar-refractivity contribution in [3.05, 3.63) is 34.1 Å². The smallest absolute Gasteiger partial charge is 0.234 e. The normalized spacial score (nSPS) is 11.3. The summed E-state index contributed by atoms with van der Waals surface area (Å²) in [6.45, 7) is 8.58. The van der Waals surface area contributed by atoms with Crippen molar-refractivity contribution in [2.24, 2.45) is 0 Å². The molecule has 130 valence electrons. The van der Waals surface area contributed by atoms with Crippen LogP contribution < -0.4 is 5.32 Å². The predicted octanol–water partition coefficient (Wildman–Crippen LogP) is 1.83. The number of nitrogens with one attached hydrogen (secondary N) is 1. The summed E-state index contributed by atoms with van der Waals surface area (Å²) in [5, 5.41) is 11.2. The highest BCUT2D eigenvalue weighted by Gasteiger charge is 2.13. The van der Waals surface area contributed by atoms with E-state index in [2.05, 4.69) is 15.7 Å². The molecule has 1 N–H and O–H groups in total. The number of hydrogen-bond acceptors (Lipinski definition) is 5. The van der Waals surface area contributed by atoms with Crippen molar-refractivity contribution >= 4 is 18.1 Å². The molecule has 0 saturated carbocycles. The average Bonchev–Trinajstić information content (AvgIpc) is 2.79. The average molecular weight is 348 g/mol. The molecule has 2 rings (SSSR count). The van der Waals surface area contributed by atoms with Gasteiger partial charge in [-0.25, -0.2) is 4.68 Å². The van der Waals surface area contributed by atoms with E-state index in [-0.39, 0.29) is 18.5 Å². The van der Waals surface area contributed by atoms with Crippen LogP contribution in [0.15, 0.2) is 18.2 Å². The van der Waals surface area contributed by atoms with Crippen LogP contribution in [0.4, 0.5) is 0 Å². The lowest BCUT2D eigenvalue weighted by molar-refractivity contribution is -0.122. The van der Waals surface area contributed by atoms with Crippen LogP contribution in [0.25, 0.3) is 5.69 Å². The molecular weight excluding hydrogens is 324 g/mol. The first-order chi connectivity index (χ1) is 11.3. The number of hydrogen-bond donors (Lipinski definition) is 1. The topological polar surface area (TPSA) is 68.0 Å². The second kappa shape index (κ2) is 7.67. The largest absolute Gasteiger partial charge is 0.353 e. The minimum absolute atomic E-state index is 0.0267. The number of para-hydroxylation sites is 1. The van der Waals surface area contributed by atoms with Crippen LogP contribution in [0.5, 0.6) is 0 Å². The summed E-state index contributed by atoms with van der Waals surface area (Å²) in [5.41, 5.74) is 3.12. The highest BCUT2D eigenvalue weighted by Crippen LogP contribution is 2.17. The maximum Gasteiger partial charge on any atom is 0.234 e. The van der Waals surface area contributed by atoms with E-state index < -0.39 is 0 Å². The third kappa shape index (κ3) is 4.27. The summed E-state index contributed by atoms with van der Waals surface area (Å²) < 4.78 is 3.79. The van der Waals surface area contributed by atoms with E-state index in [1.54, 1.807) is 9.36 Å². The number of likely N-dealkylation sites (N-methyl/N-ethyl adjacent to an activating group) is 1. The minimum atomic E-state index is -0.0267. The molecule has 1 aromatic heterocycles. The Morgan fingerprint density at radius 1 is 1.29 bits per heavy atom. The molecule has 0 fully saturated rings. The summed E-state index contributed by atoms with van der Waals surface area (Å²) in [7, 11) is 1.85. The quantitative estimate of drug-likeness (QED) is 0.807. The summed E-state index contributed by atoms with van der Waals surface area (Å²) >= 11 is 5.50. The summed E-state index contributed by atoms with van der Waals surface area (Å²) in [5.74, 6) is -0.0267. The zero-order chi connectivity index (χ0) is 17.9. The summed E-state index contributed by atoms with van der Waals surface area (Å²) in [6, 6.07) is 6.17. The van der Waals surface area contributed by atoms with Crippen molar-refractivity contribution in [1.82, 2.24) is 30.0 Å². The van der Waals surface area contributed by atoms with Gasteiger partial charge in [-0.1, -0.05) is 18.2 Å². The Morgan fingerprint density at radius 2 is 1.92 bits per heavy atom. The van der Waals surface area contributed by atoms with Crippen LogP contribution in [0.3, 0.4) is 0 Å². The second-order valence-corrected chi connectivity index (χ2v) is 6.66. The van der Waals surface area contributed by atoms with Crippen LogP contribution in [0.1, 0.15) is 25.0 Å². The van der Waals surface area contributed by atoms with Crippen LogP contribution in [-0.2, 0) is 11.5 Å². The molecule has 8 heteroatoms. The monoisotopic (exact) mass is 348 g/mol. The Labute approximate surface area is 147 Å². The molecule has 0 aliphatic rings. The fourth-order valence-corrected chi connectivity index (χ4v) is 2.76. The van der Waals surface area contributed by atoms with Gasteiger partial charge in [0.05, 0.1) is 18.9 Å². The first kappa shape index (κ1) is 18.3. The number of benzene rings is 1. The first-order valence-electron chi connectivity index (χ1n) is 7.87. The van der Waals surface area contributed by atoms with E-state index in [1.807, 2.05) is 57.8 Å². The van der Waals surface area contributed by atoms with Gasteiger partial charge in [-0.3, -0.25) is 9.69 Å². The number of carbonyl (C=O) groups is 1. The lowest BCUT2D eigenvalue weighted by Crippen LogP contribution is -2.39. The Morgan fingerprint density at radius 3 is 2.50 bits per heavy atom. The van der Waals surface area contributed by atoms with Gasteiger partial charge in [-0.15, -0.1) is 0 Å². The van der Waals surface area contributed by atoms with E-state index in [0.717, 1.165) is 16.8 Å². The van der Waals surface area contributed by atoms with E-state index in [9.17, 15) is 4.79 Å². The lowest BCUT2D eigenvalue weighted by atomic mass is 10.1. The third-order valence-corrected chi connectivity index (χ3v) is 3.91. The molecule has 24 heavy (non-hydrogen) atoms. The molecular formula is C16H24N6OS. The van der Waals surface area contributed by atoms with Gasteiger partial charge in [-0.2, -0.15) is 4.68 Å². The molecule has 0 aliphatic heterocycles. The number of nitrogens with zero attached hydrogens (tertiary/aromatic N) is 5. The molecule has 0 saturated heterocycles. The van der Waals surface area contributed by atoms with Crippen LogP contribution in [0.2, 0.25) is 0 Å². The van der Waals surface area contributed by atoms with Crippen molar-refractivity contribution in [2.45, 2.75) is 40.4 Å². The molecule has 0 bridgehead atoms. The van der Waals surface area contributed by atoms with Crippen LogP contribution >= 0.6 is 12.2 Å². The summed E-state index contributed by atoms with van der Waals surface area (Å²) in [4.78, 5) is 13.7. The maximum absolute atomic E-state index is 11.8. The Kier molecular flexibility index (Phi) is 5.84. The van der Waals surface area contributed by atoms with E-state index in [1.165, 1.54) is 0 Å². The highest BCUT2D eigenvalue weighted by molar-refractivity contribution is 7.71. The molecule has 1 amide bonds. The van der Waals surface area contributed by atoms with Crippen molar-refractivity contribution in [2.75, 3.05) is 13.6 Å². The number of amides is 1. The van der Waals surface area contributed by atoms with Gasteiger partial charge in [0.1, 0.15) is 0 Å². The molecule has 1 aromatic carbocycles. The number of aryl methyl sites for hydroxylation is 2. The molecule has 0 spiro atoms. The van der Waals surface area contributed by atoms with Crippen molar-refractivity contribution < 1.29 is 4.79 Å². The zero-order valence-electron chi connectivity index (χ0n) is 14.8. The number of carbonyl (C=O) groups excluding carboxylic acids is 1. The van der Waals surface area contributed by atoms with Gasteiger partial charge >= 0.3 is 0 Å². The molecule has 1 heterocycles. The minimum Gasteiger partial charge on any atom is -0.353 e. The molecule has 0 unspecified atom stereocenters. The molecule has 0 aliphatic carbocycles. The molecule has 2 aromatic rings. The van der Waals surface area contributed by atoms with Crippen LogP contribution in [-0.4, -0.2) is 50.2 Å². The van der Waals surface area contributed by atoms with Gasteiger partial charge < -0.3 is 5.32 Å². The zero-order valence-corrected chi connectivity index (χ0v) is 15.6. The van der Waals surface area contributed by atoms with Gasteiger partial charge in [0.2, 0.25) is 10.7 Å². The molecule has 0 radical (unpaired) electrons. The van der Waals surface area contributed by atoms with Crippen molar-refractivity contribution in [3.8, 4) is 5.69 Å². The van der Waals surface area contributed by atoms with Gasteiger partial charge in [0.25, 0.3) is 0 Å². The molecule has 0 atom stereocenters. The summed E-state index contributed by atoms with van der Waals surface area (Å²) in [6.07, 6.45) is 0. The Balaban J connectivity index is 2.16. The van der Waals surface area contributed by atoms with Gasteiger partial charge in [0.15, 0.2) is 0 Å². The predicted molar refractivity (Wildman–Crippen MR) is 95.6 cm³/mol. The maximum atomic E-state index is 11.8. The highest BCUT2D eigenvalue weighted by atomic mass is 32.1. The first-order valence-corrected chi connectivity index (χ1v) is 8.27. The Bertz CT molecular complexity index is 759. The lowest BCUT2D eigenvalue weighted by Gasteiger charge is -2.16. The fourth-order valence-electron chi connectivity index (χ4n) is 2.53. The number of rotatable bonds is 6. The van der Waals surface area contributed by atoms with E-state index in [4.69, 9.17) is 12.2 Å². The Hall–Kier alpha value is -2.06. The SMILES string of the molecule is Cc1cccc(C)c1-n1nnn(CN(C)CC(=O)NC(C)C)c1=S. The molecule has 7 nitrogen and oxygen atoms in total.